The zero-order valence-electron chi connectivity index (χ0n) is 21.0. The number of benzene rings is 1. The van der Waals surface area contributed by atoms with Gasteiger partial charge in [0.15, 0.2) is 0 Å². The lowest BCUT2D eigenvalue weighted by atomic mass is 9.78. The van der Waals surface area contributed by atoms with Crippen LogP contribution in [0, 0.1) is 17.6 Å². The molecule has 0 spiro atoms. The monoisotopic (exact) mass is 499 g/mol. The second kappa shape index (κ2) is 10.2. The standard InChI is InChI=1S/C25H39F2N3O3S/c1-6-7-12-30(20-16-24(2,3)28-25(4,5)17-20)23(31)18-10-13-29(14-11-18)34(32,33)22-15-19(26)8-9-21(22)27/h8-9,15,18,20,28H,6-7,10-14,16-17H2,1-5H3. The second-order valence-electron chi connectivity index (χ2n) is 11.1. The van der Waals surface area contributed by atoms with Gasteiger partial charge < -0.3 is 10.2 Å². The van der Waals surface area contributed by atoms with E-state index in [4.69, 9.17) is 0 Å². The average Bonchev–Trinajstić information content (AvgIpc) is 2.73. The van der Waals surface area contributed by atoms with Crippen molar-refractivity contribution in [2.75, 3.05) is 19.6 Å². The highest BCUT2D eigenvalue weighted by atomic mass is 32.2. The van der Waals surface area contributed by atoms with Crippen LogP contribution >= 0.6 is 0 Å². The van der Waals surface area contributed by atoms with Gasteiger partial charge in [-0.05, 0) is 78.0 Å². The quantitative estimate of drug-likeness (QED) is 0.607. The lowest BCUT2D eigenvalue weighted by Crippen LogP contribution is -2.63. The van der Waals surface area contributed by atoms with Gasteiger partial charge in [0.25, 0.3) is 0 Å². The first kappa shape index (κ1) is 27.0. The Morgan fingerprint density at radius 3 is 2.26 bits per heavy atom. The molecule has 6 nitrogen and oxygen atoms in total. The lowest BCUT2D eigenvalue weighted by molar-refractivity contribution is -0.141. The summed E-state index contributed by atoms with van der Waals surface area (Å²) in [4.78, 5) is 15.1. The smallest absolute Gasteiger partial charge is 0.246 e. The molecule has 2 aliphatic heterocycles. The number of sulfonamides is 1. The van der Waals surface area contributed by atoms with Crippen LogP contribution in [0.2, 0.25) is 0 Å². The lowest BCUT2D eigenvalue weighted by Gasteiger charge is -2.50. The van der Waals surface area contributed by atoms with Gasteiger partial charge in [0.05, 0.1) is 0 Å². The molecule has 0 radical (unpaired) electrons. The van der Waals surface area contributed by atoms with Crippen molar-refractivity contribution in [3.8, 4) is 0 Å². The highest BCUT2D eigenvalue weighted by Gasteiger charge is 2.43. The number of nitrogens with zero attached hydrogens (tertiary/aromatic N) is 2. The van der Waals surface area contributed by atoms with Crippen molar-refractivity contribution in [1.29, 1.82) is 0 Å². The molecule has 2 aliphatic rings. The largest absolute Gasteiger partial charge is 0.339 e. The van der Waals surface area contributed by atoms with Crippen molar-refractivity contribution in [2.45, 2.75) is 95.2 Å². The van der Waals surface area contributed by atoms with Crippen LogP contribution < -0.4 is 5.32 Å². The van der Waals surface area contributed by atoms with E-state index in [0.29, 0.717) is 19.4 Å². The summed E-state index contributed by atoms with van der Waals surface area (Å²) in [6.07, 6.45) is 4.36. The minimum absolute atomic E-state index is 0.0842. The van der Waals surface area contributed by atoms with Crippen molar-refractivity contribution < 1.29 is 22.0 Å². The number of carbonyl (C=O) groups excluding carboxylic acids is 1. The van der Waals surface area contributed by atoms with Gasteiger partial charge >= 0.3 is 0 Å². The van der Waals surface area contributed by atoms with Crippen molar-refractivity contribution in [3.63, 3.8) is 0 Å². The summed E-state index contributed by atoms with van der Waals surface area (Å²) in [6.45, 7) is 11.7. The fourth-order valence-corrected chi connectivity index (χ4v) is 7.23. The van der Waals surface area contributed by atoms with Crippen molar-refractivity contribution in [3.05, 3.63) is 29.8 Å². The normalized spacial score (nSPS) is 22.0. The van der Waals surface area contributed by atoms with Crippen LogP contribution in [0.3, 0.4) is 0 Å². The number of amides is 1. The molecule has 2 heterocycles. The predicted octanol–water partition coefficient (Wildman–Crippen LogP) is 4.30. The van der Waals surface area contributed by atoms with E-state index in [0.717, 1.165) is 43.9 Å². The van der Waals surface area contributed by atoms with E-state index in [1.54, 1.807) is 0 Å². The highest BCUT2D eigenvalue weighted by Crippen LogP contribution is 2.34. The Kier molecular flexibility index (Phi) is 8.10. The summed E-state index contributed by atoms with van der Waals surface area (Å²) in [5, 5.41) is 3.67. The Morgan fingerprint density at radius 1 is 1.12 bits per heavy atom. The van der Waals surface area contributed by atoms with E-state index in [1.165, 1.54) is 4.31 Å². The molecule has 2 saturated heterocycles. The Morgan fingerprint density at radius 2 is 1.71 bits per heavy atom. The molecule has 1 aromatic rings. The van der Waals surface area contributed by atoms with E-state index in [1.807, 2.05) is 4.90 Å². The van der Waals surface area contributed by atoms with Crippen LogP contribution in [0.1, 0.15) is 73.1 Å². The molecule has 1 N–H and O–H groups in total. The summed E-state index contributed by atoms with van der Waals surface area (Å²) in [5.74, 6) is -1.96. The van der Waals surface area contributed by atoms with Gasteiger partial charge in [-0.15, -0.1) is 0 Å². The molecule has 0 saturated carbocycles. The molecule has 0 aliphatic carbocycles. The second-order valence-corrected chi connectivity index (χ2v) is 13.0. The number of piperidine rings is 2. The van der Waals surface area contributed by atoms with Crippen molar-refractivity contribution in [2.24, 2.45) is 5.92 Å². The van der Waals surface area contributed by atoms with Crippen LogP contribution in [0.25, 0.3) is 0 Å². The summed E-state index contributed by atoms with van der Waals surface area (Å²) < 4.78 is 54.7. The molecule has 0 aromatic heterocycles. The maximum atomic E-state index is 14.1. The van der Waals surface area contributed by atoms with Crippen LogP contribution in [-0.2, 0) is 14.8 Å². The predicted molar refractivity (Wildman–Crippen MR) is 129 cm³/mol. The van der Waals surface area contributed by atoms with Crippen LogP contribution in [0.5, 0.6) is 0 Å². The molecule has 0 bridgehead atoms. The average molecular weight is 500 g/mol. The van der Waals surface area contributed by atoms with Gasteiger partial charge in [-0.25, -0.2) is 17.2 Å². The van der Waals surface area contributed by atoms with E-state index in [-0.39, 0.29) is 42.0 Å². The van der Waals surface area contributed by atoms with Gasteiger partial charge in [-0.2, -0.15) is 4.31 Å². The number of rotatable bonds is 7. The molecular weight excluding hydrogens is 460 g/mol. The van der Waals surface area contributed by atoms with E-state index in [9.17, 15) is 22.0 Å². The molecule has 1 amide bonds. The Hall–Kier alpha value is -1.58. The fraction of sp³-hybridized carbons (Fsp3) is 0.720. The third-order valence-corrected chi connectivity index (χ3v) is 8.87. The van der Waals surface area contributed by atoms with E-state index < -0.39 is 26.6 Å². The van der Waals surface area contributed by atoms with Gasteiger partial charge in [0.2, 0.25) is 15.9 Å². The first-order chi connectivity index (χ1) is 15.8. The zero-order chi connectivity index (χ0) is 25.3. The number of halogens is 2. The molecule has 34 heavy (non-hydrogen) atoms. The molecular formula is C25H39F2N3O3S. The first-order valence-corrected chi connectivity index (χ1v) is 13.7. The maximum Gasteiger partial charge on any atom is 0.246 e. The third-order valence-electron chi connectivity index (χ3n) is 6.96. The highest BCUT2D eigenvalue weighted by molar-refractivity contribution is 7.89. The minimum atomic E-state index is -4.16. The van der Waals surface area contributed by atoms with E-state index >= 15 is 0 Å². The van der Waals surface area contributed by atoms with Gasteiger partial charge in [-0.3, -0.25) is 4.79 Å². The molecule has 192 valence electrons. The number of hydrogen-bond donors (Lipinski definition) is 1. The minimum Gasteiger partial charge on any atom is -0.339 e. The Bertz CT molecular complexity index is 973. The van der Waals surface area contributed by atoms with Crippen LogP contribution in [0.4, 0.5) is 8.78 Å². The number of hydrogen-bond acceptors (Lipinski definition) is 4. The summed E-state index contributed by atoms with van der Waals surface area (Å²) >= 11 is 0. The van der Waals surface area contributed by atoms with Gasteiger partial charge in [0.1, 0.15) is 16.5 Å². The van der Waals surface area contributed by atoms with Crippen LogP contribution in [0.15, 0.2) is 23.1 Å². The SMILES string of the molecule is CCCCN(C(=O)C1CCN(S(=O)(=O)c2cc(F)ccc2F)CC1)C1CC(C)(C)NC(C)(C)C1. The molecule has 0 unspecified atom stereocenters. The first-order valence-electron chi connectivity index (χ1n) is 12.3. The number of nitrogens with one attached hydrogen (secondary N) is 1. The molecule has 2 fully saturated rings. The van der Waals surface area contributed by atoms with Crippen molar-refractivity contribution in [1.82, 2.24) is 14.5 Å². The fourth-order valence-electron chi connectivity index (χ4n) is 5.68. The Labute approximate surface area is 203 Å². The maximum absolute atomic E-state index is 14.1. The number of carbonyl (C=O) groups is 1. The molecule has 3 rings (SSSR count). The zero-order valence-corrected chi connectivity index (χ0v) is 21.9. The van der Waals surface area contributed by atoms with Gasteiger partial charge in [0, 0.05) is 42.7 Å². The summed E-state index contributed by atoms with van der Waals surface area (Å²) in [6, 6.07) is 2.56. The Balaban J connectivity index is 1.73. The van der Waals surface area contributed by atoms with Crippen LogP contribution in [-0.4, -0.2) is 60.3 Å². The van der Waals surface area contributed by atoms with Crippen molar-refractivity contribution >= 4 is 15.9 Å². The summed E-state index contributed by atoms with van der Waals surface area (Å²) in [7, 11) is -4.16. The number of unbranched alkanes of at least 4 members (excludes halogenated alkanes) is 1. The summed E-state index contributed by atoms with van der Waals surface area (Å²) in [5.41, 5.74) is -0.187. The van der Waals surface area contributed by atoms with Gasteiger partial charge in [-0.1, -0.05) is 13.3 Å². The van der Waals surface area contributed by atoms with E-state index in [2.05, 4.69) is 39.9 Å². The third kappa shape index (κ3) is 6.15. The molecule has 1 aromatic carbocycles. The molecule has 0 atom stereocenters. The topological polar surface area (TPSA) is 69.7 Å². The molecule has 9 heteroatoms.